The van der Waals surface area contributed by atoms with E-state index in [1.807, 2.05) is 6.07 Å². The van der Waals surface area contributed by atoms with Gasteiger partial charge >= 0.3 is 5.69 Å². The van der Waals surface area contributed by atoms with Gasteiger partial charge in [0.05, 0.1) is 12.7 Å². The smallest absolute Gasteiger partial charge is 0.343 e. The van der Waals surface area contributed by atoms with E-state index in [0.29, 0.717) is 22.2 Å². The van der Waals surface area contributed by atoms with Crippen LogP contribution in [0.4, 0.5) is 0 Å². The maximum atomic E-state index is 11.3. The lowest BCUT2D eigenvalue weighted by Gasteiger charge is -2.09. The van der Waals surface area contributed by atoms with Crippen LogP contribution in [0, 0.1) is 0 Å². The van der Waals surface area contributed by atoms with Gasteiger partial charge in [0.15, 0.2) is 11.0 Å². The number of ether oxygens (including phenoxy) is 1. The zero-order valence-corrected chi connectivity index (χ0v) is 12.3. The first-order valence-electron chi connectivity index (χ1n) is 5.95. The molecule has 0 aliphatic carbocycles. The molecule has 0 aliphatic rings. The van der Waals surface area contributed by atoms with E-state index in [2.05, 4.69) is 15.4 Å². The lowest BCUT2D eigenvalue weighted by atomic mass is 10.1. The molecule has 0 bridgehead atoms. The van der Waals surface area contributed by atoms with Gasteiger partial charge in [-0.2, -0.15) is 0 Å². The Morgan fingerprint density at radius 2 is 2.38 bits per heavy atom. The minimum atomic E-state index is -0.252. The SMILES string of the molecule is COc1cc(CSc2n[nH]c(=O)n2C)ccc1/C(N)=N/O. The van der Waals surface area contributed by atoms with Crippen LogP contribution in [0.25, 0.3) is 0 Å². The molecule has 0 radical (unpaired) electrons. The minimum Gasteiger partial charge on any atom is -0.496 e. The summed E-state index contributed by atoms with van der Waals surface area (Å²) in [6.45, 7) is 0. The molecule has 0 saturated heterocycles. The lowest BCUT2D eigenvalue weighted by Crippen LogP contribution is -2.14. The molecular formula is C12H15N5O3S. The van der Waals surface area contributed by atoms with Gasteiger partial charge in [-0.15, -0.1) is 5.10 Å². The number of thioether (sulfide) groups is 1. The Morgan fingerprint density at radius 1 is 1.62 bits per heavy atom. The summed E-state index contributed by atoms with van der Waals surface area (Å²) in [4.78, 5) is 11.3. The van der Waals surface area contributed by atoms with Crippen LogP contribution in [0.1, 0.15) is 11.1 Å². The van der Waals surface area contributed by atoms with Gasteiger partial charge in [0.1, 0.15) is 5.75 Å². The Kier molecular flexibility index (Phi) is 4.53. The van der Waals surface area contributed by atoms with Gasteiger partial charge in [0.25, 0.3) is 0 Å². The minimum absolute atomic E-state index is 0.0132. The van der Waals surface area contributed by atoms with Crippen LogP contribution < -0.4 is 16.2 Å². The Bertz CT molecular complexity index is 722. The van der Waals surface area contributed by atoms with Crippen molar-refractivity contribution < 1.29 is 9.94 Å². The van der Waals surface area contributed by atoms with Crippen molar-refractivity contribution in [2.24, 2.45) is 17.9 Å². The third-order valence-electron chi connectivity index (χ3n) is 2.86. The standard InChI is InChI=1S/C12H15N5O3S/c1-17-11(18)14-15-12(17)21-6-7-3-4-8(10(13)16-19)9(5-7)20-2/h3-5,19H,6H2,1-2H3,(H2,13,16)(H,14,18). The molecule has 0 unspecified atom stereocenters. The molecule has 0 saturated carbocycles. The number of H-pyrrole nitrogens is 1. The first kappa shape index (κ1) is 15.0. The van der Waals surface area contributed by atoms with E-state index in [4.69, 9.17) is 15.7 Å². The maximum absolute atomic E-state index is 11.3. The molecule has 112 valence electrons. The number of methoxy groups -OCH3 is 1. The molecule has 0 aliphatic heterocycles. The van der Waals surface area contributed by atoms with Crippen molar-refractivity contribution in [1.29, 1.82) is 0 Å². The van der Waals surface area contributed by atoms with Crippen molar-refractivity contribution in [2.75, 3.05) is 7.11 Å². The molecule has 0 atom stereocenters. The van der Waals surface area contributed by atoms with Gasteiger partial charge in [-0.3, -0.25) is 4.57 Å². The lowest BCUT2D eigenvalue weighted by molar-refractivity contribution is 0.318. The number of oxime groups is 1. The fraction of sp³-hybridized carbons (Fsp3) is 0.250. The second-order valence-electron chi connectivity index (χ2n) is 4.18. The molecule has 4 N–H and O–H groups in total. The number of rotatable bonds is 5. The average molecular weight is 309 g/mol. The molecule has 1 aromatic heterocycles. The number of aromatic nitrogens is 3. The third kappa shape index (κ3) is 3.19. The summed E-state index contributed by atoms with van der Waals surface area (Å²) < 4.78 is 6.67. The summed E-state index contributed by atoms with van der Waals surface area (Å²) in [5, 5.41) is 18.6. The quantitative estimate of drug-likeness (QED) is 0.243. The normalized spacial score (nSPS) is 11.6. The zero-order chi connectivity index (χ0) is 15.4. The molecule has 0 amide bonds. The van der Waals surface area contributed by atoms with E-state index >= 15 is 0 Å². The molecule has 2 rings (SSSR count). The zero-order valence-electron chi connectivity index (χ0n) is 11.5. The van der Waals surface area contributed by atoms with Crippen LogP contribution in [0.3, 0.4) is 0 Å². The highest BCUT2D eigenvalue weighted by atomic mass is 32.2. The molecular weight excluding hydrogens is 294 g/mol. The van der Waals surface area contributed by atoms with Crippen molar-refractivity contribution in [3.8, 4) is 5.75 Å². The third-order valence-corrected chi connectivity index (χ3v) is 3.96. The molecule has 9 heteroatoms. The van der Waals surface area contributed by atoms with Crippen molar-refractivity contribution in [3.63, 3.8) is 0 Å². The Balaban J connectivity index is 2.18. The first-order chi connectivity index (χ1) is 10.1. The van der Waals surface area contributed by atoms with Gasteiger partial charge in [-0.25, -0.2) is 9.89 Å². The van der Waals surface area contributed by atoms with Gasteiger partial charge in [0.2, 0.25) is 0 Å². The van der Waals surface area contributed by atoms with Crippen LogP contribution in [-0.2, 0) is 12.8 Å². The van der Waals surface area contributed by atoms with Crippen molar-refractivity contribution in [1.82, 2.24) is 14.8 Å². The van der Waals surface area contributed by atoms with Gasteiger partial charge in [0, 0.05) is 12.8 Å². The van der Waals surface area contributed by atoms with Crippen LogP contribution in [-0.4, -0.2) is 32.9 Å². The highest BCUT2D eigenvalue weighted by molar-refractivity contribution is 7.98. The summed E-state index contributed by atoms with van der Waals surface area (Å²) in [7, 11) is 3.16. The Hall–Kier alpha value is -2.42. The largest absolute Gasteiger partial charge is 0.496 e. The van der Waals surface area contributed by atoms with E-state index in [0.717, 1.165) is 5.56 Å². The maximum Gasteiger partial charge on any atom is 0.343 e. The summed E-state index contributed by atoms with van der Waals surface area (Å²) >= 11 is 1.41. The number of nitrogens with one attached hydrogen (secondary N) is 1. The number of hydrogen-bond acceptors (Lipinski definition) is 6. The van der Waals surface area contributed by atoms with Crippen molar-refractivity contribution >= 4 is 17.6 Å². The molecule has 1 heterocycles. The number of nitrogens with two attached hydrogens (primary N) is 1. The molecule has 21 heavy (non-hydrogen) atoms. The summed E-state index contributed by atoms with van der Waals surface area (Å²) in [6, 6.07) is 5.35. The van der Waals surface area contributed by atoms with Crippen LogP contribution >= 0.6 is 11.8 Å². The van der Waals surface area contributed by atoms with E-state index < -0.39 is 0 Å². The van der Waals surface area contributed by atoms with Gasteiger partial charge in [-0.1, -0.05) is 23.0 Å². The van der Waals surface area contributed by atoms with Crippen molar-refractivity contribution in [2.45, 2.75) is 10.9 Å². The average Bonchev–Trinajstić information content (AvgIpc) is 2.83. The summed E-state index contributed by atoms with van der Waals surface area (Å²) in [6.07, 6.45) is 0. The van der Waals surface area contributed by atoms with Crippen LogP contribution in [0.2, 0.25) is 0 Å². The summed E-state index contributed by atoms with van der Waals surface area (Å²) in [5.41, 5.74) is 6.79. The molecule has 2 aromatic rings. The highest BCUT2D eigenvalue weighted by Crippen LogP contribution is 2.25. The van der Waals surface area contributed by atoms with E-state index in [9.17, 15) is 4.79 Å². The van der Waals surface area contributed by atoms with E-state index in [-0.39, 0.29) is 11.5 Å². The Labute approximate surface area is 124 Å². The number of benzene rings is 1. The predicted octanol–water partition coefficient (Wildman–Crippen LogP) is 0.504. The number of nitrogens with zero attached hydrogens (tertiary/aromatic N) is 3. The topological polar surface area (TPSA) is 119 Å². The first-order valence-corrected chi connectivity index (χ1v) is 6.94. The van der Waals surface area contributed by atoms with Gasteiger partial charge < -0.3 is 15.7 Å². The molecule has 0 spiro atoms. The Morgan fingerprint density at radius 3 is 2.95 bits per heavy atom. The monoisotopic (exact) mass is 309 g/mol. The van der Waals surface area contributed by atoms with E-state index in [1.165, 1.54) is 23.4 Å². The molecule has 1 aromatic carbocycles. The van der Waals surface area contributed by atoms with Crippen molar-refractivity contribution in [3.05, 3.63) is 39.8 Å². The fourth-order valence-corrected chi connectivity index (χ4v) is 2.56. The molecule has 0 fully saturated rings. The predicted molar refractivity (Wildman–Crippen MR) is 78.9 cm³/mol. The number of amidine groups is 1. The molecule has 8 nitrogen and oxygen atoms in total. The second-order valence-corrected chi connectivity index (χ2v) is 5.12. The van der Waals surface area contributed by atoms with Crippen LogP contribution in [0.5, 0.6) is 5.75 Å². The van der Waals surface area contributed by atoms with E-state index in [1.54, 1.807) is 19.2 Å². The van der Waals surface area contributed by atoms with Gasteiger partial charge in [-0.05, 0) is 17.7 Å². The second kappa shape index (κ2) is 6.35. The van der Waals surface area contributed by atoms with Crippen LogP contribution in [0.15, 0.2) is 33.3 Å². The number of hydrogen-bond donors (Lipinski definition) is 3. The number of aromatic amines is 1. The highest BCUT2D eigenvalue weighted by Gasteiger charge is 2.10. The fourth-order valence-electron chi connectivity index (χ4n) is 1.70. The summed E-state index contributed by atoms with van der Waals surface area (Å²) in [5.74, 6) is 1.10.